The summed E-state index contributed by atoms with van der Waals surface area (Å²) in [7, 11) is 1.43. The van der Waals surface area contributed by atoms with Gasteiger partial charge in [0.1, 0.15) is 16.9 Å². The molecule has 1 aromatic heterocycles. The largest absolute Gasteiger partial charge is 0.465 e. The van der Waals surface area contributed by atoms with Crippen molar-refractivity contribution in [3.05, 3.63) is 57.7 Å². The van der Waals surface area contributed by atoms with Gasteiger partial charge in [-0.1, -0.05) is 11.6 Å². The Morgan fingerprint density at radius 1 is 1.36 bits per heavy atom. The van der Waals surface area contributed by atoms with E-state index in [1.165, 1.54) is 36.1 Å². The van der Waals surface area contributed by atoms with Crippen molar-refractivity contribution in [1.29, 1.82) is 0 Å². The van der Waals surface area contributed by atoms with Crippen LogP contribution in [0.15, 0.2) is 41.3 Å². The van der Waals surface area contributed by atoms with Gasteiger partial charge in [0.2, 0.25) is 5.91 Å². The zero-order chi connectivity index (χ0) is 20.4. The quantitative estimate of drug-likeness (QED) is 0.807. The van der Waals surface area contributed by atoms with Gasteiger partial charge >= 0.3 is 6.09 Å². The molecule has 1 saturated heterocycles. The summed E-state index contributed by atoms with van der Waals surface area (Å²) < 4.78 is 20.8. The third-order valence-corrected chi connectivity index (χ3v) is 4.82. The smallest absolute Gasteiger partial charge is 0.408 e. The summed E-state index contributed by atoms with van der Waals surface area (Å²) in [6.07, 6.45) is -0.0496. The Hall–Kier alpha value is -2.91. The highest BCUT2D eigenvalue weighted by atomic mass is 35.5. The lowest BCUT2D eigenvalue weighted by Gasteiger charge is -2.20. The number of aromatic nitrogens is 1. The highest BCUT2D eigenvalue weighted by Gasteiger charge is 2.40. The molecule has 2 aromatic rings. The number of amides is 2. The van der Waals surface area contributed by atoms with Gasteiger partial charge in [-0.05, 0) is 24.3 Å². The molecule has 8 nitrogen and oxygen atoms in total. The lowest BCUT2D eigenvalue weighted by Crippen LogP contribution is -2.42. The van der Waals surface area contributed by atoms with Crippen LogP contribution in [0.2, 0.25) is 5.02 Å². The first-order chi connectivity index (χ1) is 13.3. The lowest BCUT2D eigenvalue weighted by molar-refractivity contribution is -0.120. The Morgan fingerprint density at radius 3 is 2.75 bits per heavy atom. The first-order valence-corrected chi connectivity index (χ1v) is 8.70. The van der Waals surface area contributed by atoms with Crippen molar-refractivity contribution < 1.29 is 23.8 Å². The van der Waals surface area contributed by atoms with Crippen LogP contribution in [-0.4, -0.2) is 52.4 Å². The second-order valence-electron chi connectivity index (χ2n) is 6.23. The number of halogens is 2. The molecular weight excluding hydrogens is 393 g/mol. The molecule has 10 heteroatoms. The van der Waals surface area contributed by atoms with Crippen molar-refractivity contribution in [2.75, 3.05) is 19.0 Å². The number of benzene rings is 1. The monoisotopic (exact) mass is 409 g/mol. The maximum atomic E-state index is 14.5. The fraction of sp³-hybridized carbons (Fsp3) is 0.278. The maximum absolute atomic E-state index is 14.5. The number of pyridine rings is 1. The van der Waals surface area contributed by atoms with Gasteiger partial charge in [0.15, 0.2) is 0 Å². The summed E-state index contributed by atoms with van der Waals surface area (Å²) in [6, 6.07) is 5.80. The van der Waals surface area contributed by atoms with Crippen molar-refractivity contribution >= 4 is 29.3 Å². The maximum Gasteiger partial charge on any atom is 0.408 e. The van der Waals surface area contributed by atoms with Gasteiger partial charge in [-0.2, -0.15) is 0 Å². The number of methoxy groups -OCH3 is 1. The third kappa shape index (κ3) is 3.85. The number of carbonyl (C=O) groups is 2. The van der Waals surface area contributed by atoms with Gasteiger partial charge in [-0.15, -0.1) is 0 Å². The number of carbonyl (C=O) groups excluding carboxylic acids is 1. The van der Waals surface area contributed by atoms with Crippen LogP contribution in [0, 0.1) is 5.82 Å². The summed E-state index contributed by atoms with van der Waals surface area (Å²) in [5.41, 5.74) is -0.403. The molecule has 2 amide bonds. The fourth-order valence-corrected chi connectivity index (χ4v) is 3.23. The predicted molar refractivity (Wildman–Crippen MR) is 99.6 cm³/mol. The Bertz CT molecular complexity index is 980. The van der Waals surface area contributed by atoms with Crippen molar-refractivity contribution in [1.82, 2.24) is 9.47 Å². The van der Waals surface area contributed by atoms with Crippen LogP contribution in [0.1, 0.15) is 6.42 Å². The molecule has 1 aromatic carbocycles. The number of likely N-dealkylation sites (tertiary alicyclic amines) is 1. The van der Waals surface area contributed by atoms with Crippen LogP contribution in [0.25, 0.3) is 5.69 Å². The minimum Gasteiger partial charge on any atom is -0.465 e. The Balaban J connectivity index is 1.81. The number of rotatable bonds is 4. The zero-order valence-corrected chi connectivity index (χ0v) is 15.5. The first-order valence-electron chi connectivity index (χ1n) is 8.32. The van der Waals surface area contributed by atoms with E-state index in [0.29, 0.717) is 0 Å². The Kier molecular flexibility index (Phi) is 5.66. The van der Waals surface area contributed by atoms with Crippen molar-refractivity contribution in [2.45, 2.75) is 18.6 Å². The summed E-state index contributed by atoms with van der Waals surface area (Å²) in [4.78, 5) is 36.8. The number of carboxylic acid groups (broad SMARTS) is 1. The summed E-state index contributed by atoms with van der Waals surface area (Å²) >= 11 is 5.79. The fourth-order valence-electron chi connectivity index (χ4n) is 3.07. The summed E-state index contributed by atoms with van der Waals surface area (Å²) in [5, 5.41) is 11.6. The third-order valence-electron chi connectivity index (χ3n) is 4.53. The molecule has 0 aliphatic carbocycles. The number of hydrogen-bond acceptors (Lipinski definition) is 4. The summed E-state index contributed by atoms with van der Waals surface area (Å²) in [5.74, 6) is -1.44. The second kappa shape index (κ2) is 7.99. The van der Waals surface area contributed by atoms with Crippen molar-refractivity contribution in [3.8, 4) is 5.69 Å². The van der Waals surface area contributed by atoms with Crippen LogP contribution >= 0.6 is 11.6 Å². The zero-order valence-electron chi connectivity index (χ0n) is 14.8. The minimum absolute atomic E-state index is 0.0111. The van der Waals surface area contributed by atoms with Crippen LogP contribution in [0.3, 0.4) is 0 Å². The molecule has 0 radical (unpaired) electrons. The van der Waals surface area contributed by atoms with E-state index in [9.17, 15) is 23.9 Å². The van der Waals surface area contributed by atoms with E-state index < -0.39 is 35.5 Å². The first kappa shape index (κ1) is 19.8. The van der Waals surface area contributed by atoms with E-state index in [0.717, 1.165) is 11.0 Å². The molecule has 2 atom stereocenters. The molecule has 2 heterocycles. The van der Waals surface area contributed by atoms with Crippen LogP contribution < -0.4 is 10.9 Å². The number of anilines is 1. The second-order valence-corrected chi connectivity index (χ2v) is 6.64. The van der Waals surface area contributed by atoms with Crippen molar-refractivity contribution in [3.63, 3.8) is 0 Å². The topological polar surface area (TPSA) is 101 Å². The molecule has 148 valence electrons. The van der Waals surface area contributed by atoms with Crippen LogP contribution in [0.4, 0.5) is 14.9 Å². The van der Waals surface area contributed by atoms with E-state index in [-0.39, 0.29) is 29.4 Å². The molecule has 1 fully saturated rings. The lowest BCUT2D eigenvalue weighted by atomic mass is 10.1. The van der Waals surface area contributed by atoms with E-state index >= 15 is 0 Å². The predicted octanol–water partition coefficient (Wildman–Crippen LogP) is 2.34. The van der Waals surface area contributed by atoms with Gasteiger partial charge in [0.05, 0.1) is 24.0 Å². The summed E-state index contributed by atoms with van der Waals surface area (Å²) in [6.45, 7) is 0.0586. The number of hydrogen-bond donors (Lipinski definition) is 2. The molecule has 0 bridgehead atoms. The Labute approximate surface area is 164 Å². The van der Waals surface area contributed by atoms with Gasteiger partial charge in [0.25, 0.3) is 5.56 Å². The van der Waals surface area contributed by atoms with Gasteiger partial charge in [-0.3, -0.25) is 19.1 Å². The molecule has 0 unspecified atom stereocenters. The molecular formula is C18H17ClFN3O5. The molecule has 1 aliphatic heterocycles. The van der Waals surface area contributed by atoms with Gasteiger partial charge in [0, 0.05) is 25.8 Å². The van der Waals surface area contributed by atoms with E-state index in [1.807, 2.05) is 0 Å². The average Bonchev–Trinajstić information content (AvgIpc) is 3.11. The number of nitrogens with one attached hydrogen (secondary N) is 1. The highest BCUT2D eigenvalue weighted by molar-refractivity contribution is 6.30. The van der Waals surface area contributed by atoms with Crippen LogP contribution in [0.5, 0.6) is 0 Å². The SMILES string of the molecule is CO[C@@H]1C[C@H](C(=O)Nc2ccc(-n3cccc(Cl)c3=O)cc2F)N(C(=O)O)C1. The Morgan fingerprint density at radius 2 is 2.11 bits per heavy atom. The van der Waals surface area contributed by atoms with E-state index in [4.69, 9.17) is 16.3 Å². The molecule has 0 spiro atoms. The molecule has 2 N–H and O–H groups in total. The van der Waals surface area contributed by atoms with Crippen molar-refractivity contribution in [2.24, 2.45) is 0 Å². The van der Waals surface area contributed by atoms with E-state index in [1.54, 1.807) is 6.07 Å². The standard InChI is InChI=1S/C18H17ClFN3O5/c1-28-11-8-15(23(9-11)18(26)27)16(24)21-14-5-4-10(7-13(14)20)22-6-2-3-12(19)17(22)25/h2-7,11,15H,8-9H2,1H3,(H,21,24)(H,26,27)/t11-,15-/m1/s1. The number of ether oxygens (including phenoxy) is 1. The van der Waals surface area contributed by atoms with Gasteiger partial charge < -0.3 is 15.2 Å². The normalized spacial score (nSPS) is 18.9. The molecule has 28 heavy (non-hydrogen) atoms. The molecule has 1 aliphatic rings. The average molecular weight is 410 g/mol. The van der Waals surface area contributed by atoms with Crippen LogP contribution in [-0.2, 0) is 9.53 Å². The number of nitrogens with zero attached hydrogens (tertiary/aromatic N) is 2. The van der Waals surface area contributed by atoms with Gasteiger partial charge in [-0.25, -0.2) is 9.18 Å². The highest BCUT2D eigenvalue weighted by Crippen LogP contribution is 2.23. The molecule has 3 rings (SSSR count). The molecule has 0 saturated carbocycles. The van der Waals surface area contributed by atoms with E-state index in [2.05, 4.69) is 5.32 Å². The minimum atomic E-state index is -1.25.